The second kappa shape index (κ2) is 4.22. The van der Waals surface area contributed by atoms with Gasteiger partial charge >= 0.3 is 0 Å². The minimum atomic E-state index is 0.0118. The van der Waals surface area contributed by atoms with Crippen LogP contribution in [0.1, 0.15) is 28.0 Å². The van der Waals surface area contributed by atoms with Crippen LogP contribution in [0.2, 0.25) is 0 Å². The highest BCUT2D eigenvalue weighted by atomic mass is 16.2. The standard InChI is InChI=1S/C13H17N5O/c1-9-6-12(15-16(9)3)13(19)17-7-11(8-17)18-5-4-14-10(18)2/h4-6,11H,7-8H2,1-3H3. The smallest absolute Gasteiger partial charge is 0.274 e. The fourth-order valence-electron chi connectivity index (χ4n) is 2.40. The van der Waals surface area contributed by atoms with Gasteiger partial charge in [-0.1, -0.05) is 0 Å². The number of carbonyl (C=O) groups is 1. The molecule has 0 atom stereocenters. The van der Waals surface area contributed by atoms with Gasteiger partial charge in [-0.25, -0.2) is 4.98 Å². The summed E-state index contributed by atoms with van der Waals surface area (Å²) in [5.74, 6) is 1.00. The molecular formula is C13H17N5O. The Balaban J connectivity index is 1.67. The summed E-state index contributed by atoms with van der Waals surface area (Å²) in [6.45, 7) is 5.38. The maximum Gasteiger partial charge on any atom is 0.274 e. The van der Waals surface area contributed by atoms with E-state index >= 15 is 0 Å². The number of nitrogens with zero attached hydrogens (tertiary/aromatic N) is 5. The van der Waals surface area contributed by atoms with Crippen LogP contribution in [0.3, 0.4) is 0 Å². The minimum absolute atomic E-state index is 0.0118. The van der Waals surface area contributed by atoms with Crippen LogP contribution in [0.25, 0.3) is 0 Å². The predicted molar refractivity (Wildman–Crippen MR) is 69.8 cm³/mol. The van der Waals surface area contributed by atoms with Crippen molar-refractivity contribution in [3.63, 3.8) is 0 Å². The van der Waals surface area contributed by atoms with Crippen molar-refractivity contribution in [3.05, 3.63) is 35.7 Å². The monoisotopic (exact) mass is 259 g/mol. The van der Waals surface area contributed by atoms with E-state index in [0.29, 0.717) is 11.7 Å². The summed E-state index contributed by atoms with van der Waals surface area (Å²) in [5.41, 5.74) is 1.52. The molecule has 0 unspecified atom stereocenters. The topological polar surface area (TPSA) is 56.0 Å². The normalized spacial score (nSPS) is 15.6. The third-order valence-corrected chi connectivity index (χ3v) is 3.74. The zero-order chi connectivity index (χ0) is 13.6. The fraction of sp³-hybridized carbons (Fsp3) is 0.462. The van der Waals surface area contributed by atoms with Gasteiger partial charge < -0.3 is 9.47 Å². The van der Waals surface area contributed by atoms with E-state index in [2.05, 4.69) is 14.6 Å². The molecule has 0 bridgehead atoms. The van der Waals surface area contributed by atoms with Gasteiger partial charge in [0, 0.05) is 38.2 Å². The first-order chi connectivity index (χ1) is 9.06. The van der Waals surface area contributed by atoms with Crippen LogP contribution in [-0.2, 0) is 7.05 Å². The molecular weight excluding hydrogens is 242 g/mol. The Morgan fingerprint density at radius 3 is 2.63 bits per heavy atom. The van der Waals surface area contributed by atoms with Crippen molar-refractivity contribution in [1.82, 2.24) is 24.2 Å². The van der Waals surface area contributed by atoms with Crippen LogP contribution in [0, 0.1) is 13.8 Å². The van der Waals surface area contributed by atoms with Gasteiger partial charge in [0.25, 0.3) is 5.91 Å². The Morgan fingerprint density at radius 1 is 1.37 bits per heavy atom. The number of amides is 1. The molecule has 19 heavy (non-hydrogen) atoms. The van der Waals surface area contributed by atoms with Crippen molar-refractivity contribution in [1.29, 1.82) is 0 Å². The largest absolute Gasteiger partial charge is 0.333 e. The Kier molecular flexibility index (Phi) is 2.66. The second-order valence-corrected chi connectivity index (χ2v) is 5.04. The van der Waals surface area contributed by atoms with E-state index in [1.54, 1.807) is 10.9 Å². The van der Waals surface area contributed by atoms with E-state index in [0.717, 1.165) is 24.6 Å². The fourth-order valence-corrected chi connectivity index (χ4v) is 2.40. The molecule has 0 radical (unpaired) electrons. The lowest BCUT2D eigenvalue weighted by Gasteiger charge is -2.39. The van der Waals surface area contributed by atoms with Crippen LogP contribution in [0.4, 0.5) is 0 Å². The Labute approximate surface area is 111 Å². The molecule has 1 aliphatic heterocycles. The van der Waals surface area contributed by atoms with Crippen molar-refractivity contribution < 1.29 is 4.79 Å². The second-order valence-electron chi connectivity index (χ2n) is 5.04. The van der Waals surface area contributed by atoms with Gasteiger partial charge in [-0.05, 0) is 19.9 Å². The lowest BCUT2D eigenvalue weighted by molar-refractivity contribution is 0.0510. The van der Waals surface area contributed by atoms with Crippen LogP contribution in [-0.4, -0.2) is 43.2 Å². The quantitative estimate of drug-likeness (QED) is 0.806. The van der Waals surface area contributed by atoms with Crippen molar-refractivity contribution in [2.75, 3.05) is 13.1 Å². The Morgan fingerprint density at radius 2 is 2.11 bits per heavy atom. The summed E-state index contributed by atoms with van der Waals surface area (Å²) in [6, 6.07) is 2.18. The molecule has 1 aliphatic rings. The van der Waals surface area contributed by atoms with Gasteiger partial charge in [-0.15, -0.1) is 0 Å². The molecule has 2 aromatic heterocycles. The number of carbonyl (C=O) groups excluding carboxylic acids is 1. The van der Waals surface area contributed by atoms with Crippen LogP contribution < -0.4 is 0 Å². The molecule has 6 heteroatoms. The van der Waals surface area contributed by atoms with Gasteiger partial charge in [0.05, 0.1) is 6.04 Å². The zero-order valence-electron chi connectivity index (χ0n) is 11.4. The summed E-state index contributed by atoms with van der Waals surface area (Å²) < 4.78 is 3.85. The highest BCUT2D eigenvalue weighted by Gasteiger charge is 2.33. The summed E-state index contributed by atoms with van der Waals surface area (Å²) in [4.78, 5) is 18.2. The summed E-state index contributed by atoms with van der Waals surface area (Å²) in [7, 11) is 1.85. The van der Waals surface area contributed by atoms with E-state index in [-0.39, 0.29) is 5.91 Å². The average molecular weight is 259 g/mol. The highest BCUT2D eigenvalue weighted by molar-refractivity contribution is 5.93. The maximum absolute atomic E-state index is 12.2. The summed E-state index contributed by atoms with van der Waals surface area (Å²) >= 11 is 0. The number of imidazole rings is 1. The van der Waals surface area contributed by atoms with Crippen molar-refractivity contribution in [3.8, 4) is 0 Å². The molecule has 6 nitrogen and oxygen atoms in total. The molecule has 100 valence electrons. The lowest BCUT2D eigenvalue weighted by Crippen LogP contribution is -2.50. The van der Waals surface area contributed by atoms with Crippen molar-refractivity contribution in [2.24, 2.45) is 7.05 Å². The number of likely N-dealkylation sites (tertiary alicyclic amines) is 1. The first kappa shape index (κ1) is 12.0. The lowest BCUT2D eigenvalue weighted by atomic mass is 10.1. The van der Waals surface area contributed by atoms with Crippen LogP contribution in [0.5, 0.6) is 0 Å². The van der Waals surface area contributed by atoms with E-state index < -0.39 is 0 Å². The number of aryl methyl sites for hydroxylation is 3. The summed E-state index contributed by atoms with van der Waals surface area (Å²) in [6.07, 6.45) is 3.76. The van der Waals surface area contributed by atoms with E-state index in [1.165, 1.54) is 0 Å². The van der Waals surface area contributed by atoms with E-state index in [1.807, 2.05) is 38.1 Å². The first-order valence-electron chi connectivity index (χ1n) is 6.35. The SMILES string of the molecule is Cc1nccn1C1CN(C(=O)c2cc(C)n(C)n2)C1. The molecule has 0 aromatic carbocycles. The van der Waals surface area contributed by atoms with Crippen LogP contribution in [0.15, 0.2) is 18.5 Å². The molecule has 0 N–H and O–H groups in total. The molecule has 2 aromatic rings. The van der Waals surface area contributed by atoms with Gasteiger partial charge in [-0.3, -0.25) is 9.48 Å². The number of rotatable bonds is 2. The summed E-state index contributed by atoms with van der Waals surface area (Å²) in [5, 5.41) is 4.22. The van der Waals surface area contributed by atoms with Gasteiger partial charge in [0.1, 0.15) is 5.82 Å². The highest BCUT2D eigenvalue weighted by Crippen LogP contribution is 2.24. The van der Waals surface area contributed by atoms with Gasteiger partial charge in [0.2, 0.25) is 0 Å². The van der Waals surface area contributed by atoms with E-state index in [4.69, 9.17) is 0 Å². The number of aromatic nitrogens is 4. The maximum atomic E-state index is 12.2. The molecule has 1 saturated heterocycles. The molecule has 0 spiro atoms. The van der Waals surface area contributed by atoms with Crippen molar-refractivity contribution in [2.45, 2.75) is 19.9 Å². The third-order valence-electron chi connectivity index (χ3n) is 3.74. The molecule has 0 aliphatic carbocycles. The van der Waals surface area contributed by atoms with Crippen molar-refractivity contribution >= 4 is 5.91 Å². The number of hydrogen-bond acceptors (Lipinski definition) is 3. The Hall–Kier alpha value is -2.11. The zero-order valence-corrected chi connectivity index (χ0v) is 11.4. The molecule has 0 saturated carbocycles. The molecule has 1 fully saturated rings. The van der Waals surface area contributed by atoms with E-state index in [9.17, 15) is 4.79 Å². The van der Waals surface area contributed by atoms with Gasteiger partial charge in [-0.2, -0.15) is 5.10 Å². The van der Waals surface area contributed by atoms with Crippen LogP contribution >= 0.6 is 0 Å². The van der Waals surface area contributed by atoms with Gasteiger partial charge in [0.15, 0.2) is 5.69 Å². The molecule has 3 heterocycles. The average Bonchev–Trinajstić information content (AvgIpc) is 2.85. The Bertz CT molecular complexity index is 601. The minimum Gasteiger partial charge on any atom is -0.333 e. The molecule has 1 amide bonds. The first-order valence-corrected chi connectivity index (χ1v) is 6.35. The number of hydrogen-bond donors (Lipinski definition) is 0. The molecule has 3 rings (SSSR count). The third kappa shape index (κ3) is 1.93. The predicted octanol–water partition coefficient (Wildman–Crippen LogP) is 0.931.